The molecular formula is C27H31ClN6O5. The van der Waals surface area contributed by atoms with Gasteiger partial charge in [-0.3, -0.25) is 0 Å². The topological polar surface area (TPSA) is 128 Å². The van der Waals surface area contributed by atoms with Crippen molar-refractivity contribution in [2.45, 2.75) is 6.92 Å². The van der Waals surface area contributed by atoms with Crippen LogP contribution in [0.15, 0.2) is 60.8 Å². The van der Waals surface area contributed by atoms with E-state index in [1.165, 1.54) is 0 Å². The van der Waals surface area contributed by atoms with Gasteiger partial charge in [0.05, 0.1) is 35.8 Å². The van der Waals surface area contributed by atoms with Gasteiger partial charge in [0, 0.05) is 44.0 Å². The van der Waals surface area contributed by atoms with Crippen molar-refractivity contribution in [1.82, 2.24) is 9.88 Å². The van der Waals surface area contributed by atoms with Crippen molar-refractivity contribution in [2.75, 3.05) is 66.8 Å². The van der Waals surface area contributed by atoms with Crippen molar-refractivity contribution in [3.63, 3.8) is 0 Å². The van der Waals surface area contributed by atoms with Gasteiger partial charge in [-0.05, 0) is 43.3 Å². The molecule has 206 valence electrons. The molecule has 0 spiro atoms. The van der Waals surface area contributed by atoms with Crippen LogP contribution in [-0.4, -0.2) is 73.1 Å². The molecule has 0 aliphatic carbocycles. The highest BCUT2D eigenvalue weighted by molar-refractivity contribution is 6.33. The molecule has 1 aliphatic heterocycles. The molecule has 12 heteroatoms. The monoisotopic (exact) mass is 554 g/mol. The standard InChI is InChI=1S/C27H31ClN6O5/c1-2-38-21-5-3-4-19(16-21)30-26(36)31-20-6-9-25(29-18-20)33-10-12-34(13-11-33)27(37)32-24-17-22(39-15-14-35)7-8-23(24)28/h3-9,16-18,35H,2,10-15H2,1H3,(H,32,37)(H2,30,31,36). The first-order valence-electron chi connectivity index (χ1n) is 12.6. The smallest absolute Gasteiger partial charge is 0.323 e. The summed E-state index contributed by atoms with van der Waals surface area (Å²) in [5, 5.41) is 17.7. The summed E-state index contributed by atoms with van der Waals surface area (Å²) in [6.45, 7) is 4.66. The lowest BCUT2D eigenvalue weighted by Gasteiger charge is -2.35. The van der Waals surface area contributed by atoms with E-state index in [0.29, 0.717) is 66.4 Å². The quantitative estimate of drug-likeness (QED) is 0.306. The van der Waals surface area contributed by atoms with E-state index in [-0.39, 0.29) is 25.3 Å². The number of carbonyl (C=O) groups excluding carboxylic acids is 2. The number of piperazine rings is 1. The maximum Gasteiger partial charge on any atom is 0.323 e. The summed E-state index contributed by atoms with van der Waals surface area (Å²) in [5.74, 6) is 1.94. The van der Waals surface area contributed by atoms with Crippen LogP contribution in [-0.2, 0) is 0 Å². The van der Waals surface area contributed by atoms with E-state index < -0.39 is 0 Å². The Morgan fingerprint density at radius 1 is 0.949 bits per heavy atom. The van der Waals surface area contributed by atoms with Crippen LogP contribution >= 0.6 is 11.6 Å². The first-order chi connectivity index (χ1) is 18.9. The van der Waals surface area contributed by atoms with E-state index in [4.69, 9.17) is 26.2 Å². The molecule has 0 bridgehead atoms. The molecule has 0 saturated carbocycles. The summed E-state index contributed by atoms with van der Waals surface area (Å²) in [6, 6.07) is 15.1. The summed E-state index contributed by atoms with van der Waals surface area (Å²) < 4.78 is 10.8. The van der Waals surface area contributed by atoms with Gasteiger partial charge in [0.15, 0.2) is 0 Å². The minimum Gasteiger partial charge on any atom is -0.494 e. The molecule has 3 aromatic rings. The van der Waals surface area contributed by atoms with Gasteiger partial charge >= 0.3 is 12.1 Å². The number of nitrogens with zero attached hydrogens (tertiary/aromatic N) is 3. The third-order valence-electron chi connectivity index (χ3n) is 5.84. The molecule has 4 amide bonds. The number of rotatable bonds is 9. The van der Waals surface area contributed by atoms with E-state index in [0.717, 1.165) is 5.82 Å². The van der Waals surface area contributed by atoms with Gasteiger partial charge in [0.1, 0.15) is 23.9 Å². The lowest BCUT2D eigenvalue weighted by atomic mass is 10.3. The average molecular weight is 555 g/mol. The Balaban J connectivity index is 1.26. The van der Waals surface area contributed by atoms with Gasteiger partial charge in [-0.2, -0.15) is 0 Å². The van der Waals surface area contributed by atoms with Crippen LogP contribution in [0.5, 0.6) is 11.5 Å². The number of pyridine rings is 1. The summed E-state index contributed by atoms with van der Waals surface area (Å²) in [5.41, 5.74) is 1.61. The Bertz CT molecular complexity index is 1270. The minimum absolute atomic E-state index is 0.109. The number of aromatic nitrogens is 1. The summed E-state index contributed by atoms with van der Waals surface area (Å²) in [6.07, 6.45) is 1.60. The molecule has 1 aliphatic rings. The molecule has 0 radical (unpaired) electrons. The van der Waals surface area contributed by atoms with Crippen LogP contribution in [0.3, 0.4) is 0 Å². The zero-order valence-electron chi connectivity index (χ0n) is 21.5. The highest BCUT2D eigenvalue weighted by Crippen LogP contribution is 2.27. The Morgan fingerprint density at radius 3 is 2.44 bits per heavy atom. The Morgan fingerprint density at radius 2 is 1.72 bits per heavy atom. The molecule has 2 heterocycles. The molecule has 2 aromatic carbocycles. The fourth-order valence-electron chi connectivity index (χ4n) is 3.96. The van der Waals surface area contributed by atoms with Gasteiger partial charge in [0.25, 0.3) is 0 Å². The fourth-order valence-corrected chi connectivity index (χ4v) is 4.12. The van der Waals surface area contributed by atoms with Crippen molar-refractivity contribution in [3.05, 3.63) is 65.8 Å². The number of anilines is 4. The predicted molar refractivity (Wildman–Crippen MR) is 151 cm³/mol. The molecule has 4 N–H and O–H groups in total. The highest BCUT2D eigenvalue weighted by atomic mass is 35.5. The Hall–Kier alpha value is -4.22. The number of aliphatic hydroxyl groups is 1. The van der Waals surface area contributed by atoms with Crippen LogP contribution in [0, 0.1) is 0 Å². The number of ether oxygens (including phenoxy) is 2. The number of carbonyl (C=O) groups is 2. The SMILES string of the molecule is CCOc1cccc(NC(=O)Nc2ccc(N3CCN(C(=O)Nc4cc(OCCO)ccc4Cl)CC3)nc2)c1. The lowest BCUT2D eigenvalue weighted by molar-refractivity contribution is 0.201. The van der Waals surface area contributed by atoms with Gasteiger partial charge in [0.2, 0.25) is 0 Å². The second kappa shape index (κ2) is 13.5. The van der Waals surface area contributed by atoms with E-state index in [9.17, 15) is 9.59 Å². The minimum atomic E-state index is -0.386. The predicted octanol–water partition coefficient (Wildman–Crippen LogP) is 4.50. The number of halogens is 1. The maximum atomic E-state index is 12.8. The zero-order chi connectivity index (χ0) is 27.6. The summed E-state index contributed by atoms with van der Waals surface area (Å²) >= 11 is 6.23. The lowest BCUT2D eigenvalue weighted by Crippen LogP contribution is -2.50. The third-order valence-corrected chi connectivity index (χ3v) is 6.17. The third kappa shape index (κ3) is 7.88. The molecule has 1 fully saturated rings. The number of nitrogens with one attached hydrogen (secondary N) is 3. The Labute approximate surface area is 231 Å². The van der Waals surface area contributed by atoms with Crippen molar-refractivity contribution in [1.29, 1.82) is 0 Å². The van der Waals surface area contributed by atoms with Crippen LogP contribution < -0.4 is 30.3 Å². The molecule has 11 nitrogen and oxygen atoms in total. The normalized spacial score (nSPS) is 13.0. The van der Waals surface area contributed by atoms with E-state index in [1.807, 2.05) is 25.1 Å². The van der Waals surface area contributed by atoms with Gasteiger partial charge in [-0.15, -0.1) is 0 Å². The first kappa shape index (κ1) is 27.8. The van der Waals surface area contributed by atoms with Crippen LogP contribution in [0.1, 0.15) is 6.92 Å². The first-order valence-corrected chi connectivity index (χ1v) is 12.9. The van der Waals surface area contributed by atoms with E-state index >= 15 is 0 Å². The largest absolute Gasteiger partial charge is 0.494 e. The zero-order valence-corrected chi connectivity index (χ0v) is 22.3. The molecule has 4 rings (SSSR count). The van der Waals surface area contributed by atoms with Crippen LogP contribution in [0.4, 0.5) is 32.5 Å². The Kier molecular flexibility index (Phi) is 9.65. The molecular weight excluding hydrogens is 524 g/mol. The van der Waals surface area contributed by atoms with Crippen LogP contribution in [0.25, 0.3) is 0 Å². The number of urea groups is 2. The van der Waals surface area contributed by atoms with Crippen molar-refractivity contribution < 1.29 is 24.2 Å². The molecule has 0 atom stereocenters. The van der Waals surface area contributed by atoms with E-state index in [2.05, 4.69) is 25.8 Å². The summed E-state index contributed by atoms with van der Waals surface area (Å²) in [4.78, 5) is 33.4. The molecule has 39 heavy (non-hydrogen) atoms. The number of aliphatic hydroxyl groups excluding tert-OH is 1. The highest BCUT2D eigenvalue weighted by Gasteiger charge is 2.22. The number of hydrogen-bond donors (Lipinski definition) is 4. The van der Waals surface area contributed by atoms with Crippen LogP contribution in [0.2, 0.25) is 5.02 Å². The van der Waals surface area contributed by atoms with Crippen molar-refractivity contribution >= 4 is 46.5 Å². The molecule has 0 unspecified atom stereocenters. The molecule has 1 aromatic heterocycles. The van der Waals surface area contributed by atoms with Crippen molar-refractivity contribution in [3.8, 4) is 11.5 Å². The fraction of sp³-hybridized carbons (Fsp3) is 0.296. The van der Waals surface area contributed by atoms with Gasteiger partial charge in [-0.25, -0.2) is 14.6 Å². The second-order valence-corrected chi connectivity index (χ2v) is 8.97. The number of benzene rings is 2. The van der Waals surface area contributed by atoms with Gasteiger partial charge < -0.3 is 40.3 Å². The molecule has 1 saturated heterocycles. The number of amides is 4. The second-order valence-electron chi connectivity index (χ2n) is 8.56. The summed E-state index contributed by atoms with van der Waals surface area (Å²) in [7, 11) is 0. The average Bonchev–Trinajstić information content (AvgIpc) is 2.94. The van der Waals surface area contributed by atoms with Gasteiger partial charge in [-0.1, -0.05) is 17.7 Å². The van der Waals surface area contributed by atoms with Crippen molar-refractivity contribution in [2.24, 2.45) is 0 Å². The maximum absolute atomic E-state index is 12.8. The van der Waals surface area contributed by atoms with E-state index in [1.54, 1.807) is 47.5 Å². The number of hydrogen-bond acceptors (Lipinski definition) is 7.